The second-order valence-corrected chi connectivity index (χ2v) is 2.75. The van der Waals surface area contributed by atoms with Crippen LogP contribution in [0.1, 0.15) is 5.56 Å². The lowest BCUT2D eigenvalue weighted by Crippen LogP contribution is -1.88. The first kappa shape index (κ1) is 8.45. The molecule has 0 aliphatic heterocycles. The molecular formula is C10H6FN3. The zero-order valence-corrected chi connectivity index (χ0v) is 7.24. The highest BCUT2D eigenvalue weighted by molar-refractivity contribution is 5.64. The molecule has 2 rings (SSSR count). The fourth-order valence-electron chi connectivity index (χ4n) is 1.26. The molecule has 14 heavy (non-hydrogen) atoms. The van der Waals surface area contributed by atoms with Crippen molar-refractivity contribution in [3.63, 3.8) is 0 Å². The highest BCUT2D eigenvalue weighted by Crippen LogP contribution is 2.20. The Morgan fingerprint density at radius 1 is 1.57 bits per heavy atom. The van der Waals surface area contributed by atoms with Gasteiger partial charge in [0.05, 0.1) is 0 Å². The maximum Gasteiger partial charge on any atom is 0.256 e. The van der Waals surface area contributed by atoms with Crippen LogP contribution in [0.2, 0.25) is 0 Å². The van der Waals surface area contributed by atoms with Crippen LogP contribution in [0.25, 0.3) is 16.4 Å². The molecule has 0 amide bonds. The van der Waals surface area contributed by atoms with Crippen LogP contribution in [0.4, 0.5) is 10.2 Å². The lowest BCUT2D eigenvalue weighted by atomic mass is 10.2. The standard InChI is InChI=1S/C10H6FN3/c1-3-7-4-9-8(11)6-13-14(9)10(5-7)12-2/h3-6H,1H2. The molecule has 68 valence electrons. The predicted molar refractivity (Wildman–Crippen MR) is 51.5 cm³/mol. The van der Waals surface area contributed by atoms with Gasteiger partial charge in [0.15, 0.2) is 11.3 Å². The van der Waals surface area contributed by atoms with E-state index in [9.17, 15) is 4.39 Å². The Kier molecular flexibility index (Phi) is 1.79. The number of rotatable bonds is 1. The fourth-order valence-corrected chi connectivity index (χ4v) is 1.26. The molecule has 0 aromatic carbocycles. The Morgan fingerprint density at radius 2 is 2.36 bits per heavy atom. The lowest BCUT2D eigenvalue weighted by molar-refractivity contribution is 0.639. The second kappa shape index (κ2) is 2.96. The van der Waals surface area contributed by atoms with Gasteiger partial charge in [-0.2, -0.15) is 4.52 Å². The van der Waals surface area contributed by atoms with Gasteiger partial charge in [0.2, 0.25) is 0 Å². The van der Waals surface area contributed by atoms with Crippen molar-refractivity contribution in [1.82, 2.24) is 9.61 Å². The average molecular weight is 187 g/mol. The molecule has 0 bridgehead atoms. The van der Waals surface area contributed by atoms with E-state index in [1.807, 2.05) is 0 Å². The first-order chi connectivity index (χ1) is 6.76. The molecule has 3 nitrogen and oxygen atoms in total. The molecule has 0 atom stereocenters. The van der Waals surface area contributed by atoms with Gasteiger partial charge in [-0.15, -0.1) is 0 Å². The van der Waals surface area contributed by atoms with E-state index in [2.05, 4.69) is 16.5 Å². The molecule has 0 N–H and O–H groups in total. The van der Waals surface area contributed by atoms with Gasteiger partial charge in [-0.05, 0) is 17.7 Å². The third kappa shape index (κ3) is 1.07. The van der Waals surface area contributed by atoms with Gasteiger partial charge in [-0.1, -0.05) is 24.3 Å². The summed E-state index contributed by atoms with van der Waals surface area (Å²) in [6.07, 6.45) is 2.66. The summed E-state index contributed by atoms with van der Waals surface area (Å²) in [5, 5.41) is 3.76. The van der Waals surface area contributed by atoms with Gasteiger partial charge in [0.25, 0.3) is 5.82 Å². The number of pyridine rings is 1. The Labute approximate surface area is 79.9 Å². The van der Waals surface area contributed by atoms with Crippen LogP contribution in [0.15, 0.2) is 24.9 Å². The van der Waals surface area contributed by atoms with Gasteiger partial charge in [0, 0.05) is 0 Å². The first-order valence-electron chi connectivity index (χ1n) is 3.93. The van der Waals surface area contributed by atoms with Gasteiger partial charge in [0.1, 0.15) is 6.20 Å². The zero-order valence-electron chi connectivity index (χ0n) is 7.24. The molecule has 0 spiro atoms. The smallest absolute Gasteiger partial charge is 0.256 e. The molecule has 0 saturated heterocycles. The normalized spacial score (nSPS) is 10.0. The van der Waals surface area contributed by atoms with E-state index in [0.717, 1.165) is 6.20 Å². The van der Waals surface area contributed by atoms with Crippen molar-refractivity contribution in [1.29, 1.82) is 0 Å². The first-order valence-corrected chi connectivity index (χ1v) is 3.93. The van der Waals surface area contributed by atoms with Gasteiger partial charge in [-0.3, -0.25) is 0 Å². The largest absolute Gasteiger partial charge is 0.362 e. The molecule has 2 heterocycles. The summed E-state index contributed by atoms with van der Waals surface area (Å²) in [6.45, 7) is 10.5. The molecule has 2 aromatic heterocycles. The van der Waals surface area contributed by atoms with E-state index in [-0.39, 0.29) is 5.82 Å². The van der Waals surface area contributed by atoms with E-state index in [4.69, 9.17) is 6.57 Å². The molecule has 2 aromatic rings. The van der Waals surface area contributed by atoms with Gasteiger partial charge >= 0.3 is 0 Å². The summed E-state index contributed by atoms with van der Waals surface area (Å²) < 4.78 is 14.4. The molecular weight excluding hydrogens is 181 g/mol. The third-order valence-electron chi connectivity index (χ3n) is 1.93. The molecule has 0 fully saturated rings. The highest BCUT2D eigenvalue weighted by Gasteiger charge is 2.10. The average Bonchev–Trinajstić information content (AvgIpc) is 2.59. The minimum Gasteiger partial charge on any atom is -0.362 e. The molecule has 4 heteroatoms. The summed E-state index contributed by atoms with van der Waals surface area (Å²) in [4.78, 5) is 3.26. The number of hydrogen-bond donors (Lipinski definition) is 0. The summed E-state index contributed by atoms with van der Waals surface area (Å²) in [6, 6.07) is 3.21. The van der Waals surface area contributed by atoms with Crippen molar-refractivity contribution in [3.8, 4) is 0 Å². The Hall–Kier alpha value is -2.15. The molecule has 0 aliphatic rings. The van der Waals surface area contributed by atoms with E-state index in [1.165, 1.54) is 4.52 Å². The third-order valence-corrected chi connectivity index (χ3v) is 1.93. The Balaban J connectivity index is 2.91. The number of fused-ring (bicyclic) bond motifs is 1. The molecule has 0 aliphatic carbocycles. The van der Waals surface area contributed by atoms with Crippen LogP contribution in [0.5, 0.6) is 0 Å². The van der Waals surface area contributed by atoms with Crippen LogP contribution in [0, 0.1) is 12.4 Å². The minimum atomic E-state index is -0.432. The second-order valence-electron chi connectivity index (χ2n) is 2.75. The van der Waals surface area contributed by atoms with E-state index >= 15 is 0 Å². The van der Waals surface area contributed by atoms with Crippen LogP contribution in [0.3, 0.4) is 0 Å². The lowest BCUT2D eigenvalue weighted by Gasteiger charge is -1.97. The number of hydrogen-bond acceptors (Lipinski definition) is 1. The van der Waals surface area contributed by atoms with Crippen LogP contribution < -0.4 is 0 Å². The Bertz CT molecular complexity index is 548. The molecule has 0 saturated carbocycles. The van der Waals surface area contributed by atoms with Crippen molar-refractivity contribution >= 4 is 17.4 Å². The maximum atomic E-state index is 13.2. The van der Waals surface area contributed by atoms with Gasteiger partial charge < -0.3 is 4.85 Å². The maximum absolute atomic E-state index is 13.2. The number of halogens is 1. The van der Waals surface area contributed by atoms with Crippen LogP contribution in [-0.4, -0.2) is 9.61 Å². The minimum absolute atomic E-state index is 0.279. The zero-order chi connectivity index (χ0) is 10.1. The van der Waals surface area contributed by atoms with Crippen molar-refractivity contribution in [2.24, 2.45) is 0 Å². The SMILES string of the molecule is [C-]#[N+]c1cc(C=C)cc2c(F)cnn12. The van der Waals surface area contributed by atoms with Gasteiger partial charge in [-0.25, -0.2) is 4.39 Å². The van der Waals surface area contributed by atoms with Crippen molar-refractivity contribution < 1.29 is 4.39 Å². The summed E-state index contributed by atoms with van der Waals surface area (Å²) >= 11 is 0. The van der Waals surface area contributed by atoms with Crippen LogP contribution in [-0.2, 0) is 0 Å². The monoisotopic (exact) mass is 187 g/mol. The van der Waals surface area contributed by atoms with Crippen molar-refractivity contribution in [3.05, 3.63) is 47.7 Å². The van der Waals surface area contributed by atoms with E-state index in [0.29, 0.717) is 11.1 Å². The summed E-state index contributed by atoms with van der Waals surface area (Å²) in [5.74, 6) is -0.153. The summed E-state index contributed by atoms with van der Waals surface area (Å²) in [5.41, 5.74) is 1.01. The van der Waals surface area contributed by atoms with E-state index < -0.39 is 5.82 Å². The molecule has 0 radical (unpaired) electrons. The van der Waals surface area contributed by atoms with Crippen LogP contribution >= 0.6 is 0 Å². The quantitative estimate of drug-likeness (QED) is 0.629. The van der Waals surface area contributed by atoms with Crippen molar-refractivity contribution in [2.45, 2.75) is 0 Å². The number of nitrogens with zero attached hydrogens (tertiary/aromatic N) is 3. The Morgan fingerprint density at radius 3 is 3.00 bits per heavy atom. The van der Waals surface area contributed by atoms with Crippen molar-refractivity contribution in [2.75, 3.05) is 0 Å². The number of aromatic nitrogens is 2. The van der Waals surface area contributed by atoms with E-state index in [1.54, 1.807) is 18.2 Å². The molecule has 0 unspecified atom stereocenters. The predicted octanol–water partition coefficient (Wildman–Crippen LogP) is 2.67. The fraction of sp³-hybridized carbons (Fsp3) is 0. The topological polar surface area (TPSA) is 21.7 Å². The summed E-state index contributed by atoms with van der Waals surface area (Å²) in [7, 11) is 0. The highest BCUT2D eigenvalue weighted by atomic mass is 19.1.